The highest BCUT2D eigenvalue weighted by molar-refractivity contribution is 6.08. The van der Waals surface area contributed by atoms with E-state index in [-0.39, 0.29) is 5.78 Å². The molecule has 1 amide bonds. The van der Waals surface area contributed by atoms with Crippen molar-refractivity contribution in [2.45, 2.75) is 44.8 Å². The molecule has 0 radical (unpaired) electrons. The van der Waals surface area contributed by atoms with Crippen LogP contribution in [0, 0.1) is 0 Å². The fraction of sp³-hybridized carbons (Fsp3) is 0.290. The summed E-state index contributed by atoms with van der Waals surface area (Å²) in [5.74, 6) is -0.686. The molecule has 0 saturated carbocycles. The Labute approximate surface area is 228 Å². The number of rotatable bonds is 8. The summed E-state index contributed by atoms with van der Waals surface area (Å²) in [6, 6.07) is 20.1. The average molecular weight is 528 g/mol. The highest BCUT2D eigenvalue weighted by atomic mass is 16.6. The number of aliphatic carboxylic acids is 1. The number of carboxylic acids is 1. The molecule has 0 bridgehead atoms. The van der Waals surface area contributed by atoms with Crippen LogP contribution in [0.25, 0.3) is 6.08 Å². The van der Waals surface area contributed by atoms with Crippen LogP contribution in [0.3, 0.4) is 0 Å². The zero-order valence-corrected chi connectivity index (χ0v) is 22.4. The summed E-state index contributed by atoms with van der Waals surface area (Å²) in [4.78, 5) is 43.5. The van der Waals surface area contributed by atoms with Gasteiger partial charge in [-0.2, -0.15) is 0 Å². The maximum atomic E-state index is 13.6. The maximum absolute atomic E-state index is 13.6. The van der Waals surface area contributed by atoms with Gasteiger partial charge in [-0.25, -0.2) is 14.6 Å². The molecule has 1 aliphatic heterocycles. The average Bonchev–Trinajstić information content (AvgIpc) is 3.36. The van der Waals surface area contributed by atoms with Gasteiger partial charge in [-0.05, 0) is 69.5 Å². The van der Waals surface area contributed by atoms with Gasteiger partial charge in [0.05, 0.1) is 5.54 Å². The normalized spacial score (nSPS) is 17.2. The van der Waals surface area contributed by atoms with Crippen molar-refractivity contribution in [2.24, 2.45) is 0 Å². The summed E-state index contributed by atoms with van der Waals surface area (Å²) in [7, 11) is 0. The molecular weight excluding hydrogens is 494 g/mol. The minimum Gasteiger partial charge on any atom is -0.478 e. The zero-order chi connectivity index (χ0) is 28.0. The van der Waals surface area contributed by atoms with Gasteiger partial charge in [-0.1, -0.05) is 54.6 Å². The van der Waals surface area contributed by atoms with Crippen molar-refractivity contribution in [2.75, 3.05) is 18.0 Å². The minimum absolute atomic E-state index is 0.0454. The molecule has 3 aromatic rings. The standard InChI is InChI=1S/C31H33N3O5/c1-30(2,3)39-29(38)34(26-15-11-23(20-33-26)12-16-27(35)36)31(17-18-32-21-31)19-22-9-13-25(14-10-22)28(37)24-7-5-4-6-8-24/h4-16,20,32H,17-19,21H2,1-3H3,(H,35,36)/b16-12+/t31-/m0/s1. The van der Waals surface area contributed by atoms with E-state index in [0.717, 1.165) is 11.6 Å². The fourth-order valence-electron chi connectivity index (χ4n) is 4.70. The Morgan fingerprint density at radius 1 is 1.03 bits per heavy atom. The Kier molecular flexibility index (Phi) is 8.26. The lowest BCUT2D eigenvalue weighted by Gasteiger charge is -2.40. The summed E-state index contributed by atoms with van der Waals surface area (Å²) >= 11 is 0. The number of nitrogens with zero attached hydrogens (tertiary/aromatic N) is 2. The van der Waals surface area contributed by atoms with E-state index in [0.29, 0.717) is 48.4 Å². The van der Waals surface area contributed by atoms with Crippen molar-refractivity contribution in [3.8, 4) is 0 Å². The zero-order valence-electron chi connectivity index (χ0n) is 22.4. The molecule has 1 aromatic heterocycles. The first kappa shape index (κ1) is 27.7. The fourth-order valence-corrected chi connectivity index (χ4v) is 4.70. The van der Waals surface area contributed by atoms with Crippen molar-refractivity contribution >= 4 is 29.7 Å². The van der Waals surface area contributed by atoms with Crippen molar-refractivity contribution in [3.63, 3.8) is 0 Å². The van der Waals surface area contributed by atoms with Gasteiger partial charge >= 0.3 is 12.1 Å². The smallest absolute Gasteiger partial charge is 0.416 e. The number of ketones is 1. The third kappa shape index (κ3) is 6.97. The molecular formula is C31H33N3O5. The molecule has 2 heterocycles. The van der Waals surface area contributed by atoms with Gasteiger partial charge in [0.25, 0.3) is 0 Å². The summed E-state index contributed by atoms with van der Waals surface area (Å²) in [6.07, 6.45) is 4.69. The number of anilines is 1. The van der Waals surface area contributed by atoms with Gasteiger partial charge in [-0.3, -0.25) is 9.69 Å². The second-order valence-electron chi connectivity index (χ2n) is 10.7. The predicted octanol–water partition coefficient (Wildman–Crippen LogP) is 5.13. The highest BCUT2D eigenvalue weighted by Gasteiger charge is 2.45. The summed E-state index contributed by atoms with van der Waals surface area (Å²) in [5, 5.41) is 12.3. The van der Waals surface area contributed by atoms with Gasteiger partial charge in [0, 0.05) is 29.9 Å². The molecule has 4 rings (SSSR count). The van der Waals surface area contributed by atoms with Gasteiger partial charge < -0.3 is 15.2 Å². The van der Waals surface area contributed by atoms with Crippen LogP contribution in [0.4, 0.5) is 10.6 Å². The number of carboxylic acid groups (broad SMARTS) is 1. The van der Waals surface area contributed by atoms with Crippen LogP contribution in [0.1, 0.15) is 54.2 Å². The molecule has 1 atom stereocenters. The number of nitrogens with one attached hydrogen (secondary N) is 1. The van der Waals surface area contributed by atoms with E-state index in [4.69, 9.17) is 9.84 Å². The lowest BCUT2D eigenvalue weighted by Crippen LogP contribution is -2.56. The molecule has 202 valence electrons. The van der Waals surface area contributed by atoms with Crippen molar-refractivity contribution in [1.82, 2.24) is 10.3 Å². The van der Waals surface area contributed by atoms with E-state index in [9.17, 15) is 14.4 Å². The second-order valence-corrected chi connectivity index (χ2v) is 10.7. The molecule has 1 aliphatic rings. The van der Waals surface area contributed by atoms with E-state index in [1.165, 1.54) is 12.3 Å². The van der Waals surface area contributed by atoms with Crippen LogP contribution in [-0.2, 0) is 16.0 Å². The summed E-state index contributed by atoms with van der Waals surface area (Å²) in [5.41, 5.74) is 1.41. The van der Waals surface area contributed by atoms with Gasteiger partial charge in [-0.15, -0.1) is 0 Å². The Hall–Kier alpha value is -4.30. The summed E-state index contributed by atoms with van der Waals surface area (Å²) in [6.45, 7) is 6.69. The Bertz CT molecular complexity index is 1340. The Morgan fingerprint density at radius 2 is 1.72 bits per heavy atom. The van der Waals surface area contributed by atoms with Gasteiger partial charge in [0.15, 0.2) is 5.78 Å². The number of hydrogen-bond donors (Lipinski definition) is 2. The van der Waals surface area contributed by atoms with Crippen LogP contribution in [0.2, 0.25) is 0 Å². The van der Waals surface area contributed by atoms with Crippen molar-refractivity contribution in [3.05, 3.63) is 101 Å². The largest absolute Gasteiger partial charge is 0.478 e. The number of pyridine rings is 1. The first-order valence-corrected chi connectivity index (χ1v) is 12.9. The van der Waals surface area contributed by atoms with E-state index < -0.39 is 23.2 Å². The van der Waals surface area contributed by atoms with Crippen LogP contribution in [-0.4, -0.2) is 52.2 Å². The lowest BCUT2D eigenvalue weighted by molar-refractivity contribution is -0.131. The molecule has 2 N–H and O–H groups in total. The molecule has 0 aliphatic carbocycles. The van der Waals surface area contributed by atoms with E-state index >= 15 is 0 Å². The van der Waals surface area contributed by atoms with Crippen molar-refractivity contribution in [1.29, 1.82) is 0 Å². The molecule has 39 heavy (non-hydrogen) atoms. The topological polar surface area (TPSA) is 109 Å². The number of carbonyl (C=O) groups is 3. The third-order valence-corrected chi connectivity index (χ3v) is 6.48. The van der Waals surface area contributed by atoms with Crippen molar-refractivity contribution < 1.29 is 24.2 Å². The molecule has 0 spiro atoms. The number of carbonyl (C=O) groups excluding carboxylic acids is 2. The number of aromatic nitrogens is 1. The SMILES string of the molecule is CC(C)(C)OC(=O)N(c1ccc(/C=C/C(=O)O)cn1)[C@]1(Cc2ccc(C(=O)c3ccccc3)cc2)CCNC1. The van der Waals surface area contributed by atoms with E-state index in [2.05, 4.69) is 10.3 Å². The van der Waals surface area contributed by atoms with Crippen LogP contribution >= 0.6 is 0 Å². The minimum atomic E-state index is -1.05. The molecule has 1 saturated heterocycles. The Balaban J connectivity index is 1.66. The molecule has 8 heteroatoms. The van der Waals surface area contributed by atoms with E-state index in [1.54, 1.807) is 29.2 Å². The number of ether oxygens (including phenoxy) is 1. The predicted molar refractivity (Wildman–Crippen MR) is 150 cm³/mol. The summed E-state index contributed by atoms with van der Waals surface area (Å²) < 4.78 is 5.82. The lowest BCUT2D eigenvalue weighted by atomic mass is 9.87. The Morgan fingerprint density at radius 3 is 2.28 bits per heavy atom. The first-order valence-electron chi connectivity index (χ1n) is 12.9. The molecule has 2 aromatic carbocycles. The quantitative estimate of drug-likeness (QED) is 0.309. The van der Waals surface area contributed by atoms with Crippen LogP contribution in [0.15, 0.2) is 79.0 Å². The van der Waals surface area contributed by atoms with Crippen LogP contribution in [0.5, 0.6) is 0 Å². The monoisotopic (exact) mass is 527 g/mol. The first-order chi connectivity index (χ1) is 18.6. The van der Waals surface area contributed by atoms with Crippen LogP contribution < -0.4 is 10.2 Å². The van der Waals surface area contributed by atoms with Gasteiger partial charge in [0.1, 0.15) is 11.4 Å². The number of amides is 1. The maximum Gasteiger partial charge on any atom is 0.416 e. The van der Waals surface area contributed by atoms with E-state index in [1.807, 2.05) is 63.2 Å². The third-order valence-electron chi connectivity index (χ3n) is 6.48. The molecule has 1 fully saturated rings. The molecule has 0 unspecified atom stereocenters. The van der Waals surface area contributed by atoms with Gasteiger partial charge in [0.2, 0.25) is 0 Å². The second kappa shape index (κ2) is 11.6. The molecule has 8 nitrogen and oxygen atoms in total. The number of hydrogen-bond acceptors (Lipinski definition) is 6. The highest BCUT2D eigenvalue weighted by Crippen LogP contribution is 2.34. The number of benzene rings is 2.